The molecule has 160 valence electrons. The van der Waals surface area contributed by atoms with Crippen LogP contribution in [0.3, 0.4) is 0 Å². The Kier molecular flexibility index (Phi) is 6.58. The van der Waals surface area contributed by atoms with Crippen molar-refractivity contribution in [3.05, 3.63) is 64.7 Å². The van der Waals surface area contributed by atoms with Crippen molar-refractivity contribution in [1.29, 1.82) is 0 Å². The van der Waals surface area contributed by atoms with E-state index in [1.54, 1.807) is 12.1 Å². The number of likely N-dealkylation sites (tertiary alicyclic amines) is 1. The highest BCUT2D eigenvalue weighted by Gasteiger charge is 2.34. The minimum absolute atomic E-state index is 0.0559. The number of benzene rings is 2. The third kappa shape index (κ3) is 4.95. The molecule has 0 radical (unpaired) electrons. The summed E-state index contributed by atoms with van der Waals surface area (Å²) >= 11 is 5.96. The van der Waals surface area contributed by atoms with E-state index in [0.29, 0.717) is 24.8 Å². The van der Waals surface area contributed by atoms with E-state index in [1.807, 2.05) is 29.2 Å². The topological polar surface area (TPSA) is 76.0 Å². The number of carbonyl (C=O) groups is 1. The number of hydrogen-bond acceptors (Lipinski definition) is 5. The summed E-state index contributed by atoms with van der Waals surface area (Å²) < 4.78 is 0. The first-order valence-corrected chi connectivity index (χ1v) is 10.9. The van der Waals surface area contributed by atoms with Crippen LogP contribution in [-0.4, -0.2) is 65.4 Å². The molecule has 1 unspecified atom stereocenters. The first-order valence-electron chi connectivity index (χ1n) is 10.5. The molecule has 7 heteroatoms. The average Bonchev–Trinajstić information content (AvgIpc) is 3.11. The quantitative estimate of drug-likeness (QED) is 0.655. The van der Waals surface area contributed by atoms with E-state index in [0.717, 1.165) is 37.5 Å². The number of aromatic carboxylic acids is 1. The number of aliphatic hydroxyl groups excluding tert-OH is 1. The lowest BCUT2D eigenvalue weighted by molar-refractivity contribution is 0.0697. The molecule has 2 saturated heterocycles. The Labute approximate surface area is 182 Å². The number of anilines is 1. The molecule has 0 bridgehead atoms. The molecule has 6 nitrogen and oxygen atoms in total. The molecule has 0 aromatic heterocycles. The summed E-state index contributed by atoms with van der Waals surface area (Å²) in [5.41, 5.74) is 2.22. The lowest BCUT2D eigenvalue weighted by Crippen LogP contribution is -2.49. The van der Waals surface area contributed by atoms with Gasteiger partial charge in [0.1, 0.15) is 0 Å². The molecule has 0 aliphatic carbocycles. The van der Waals surface area contributed by atoms with Crippen LogP contribution >= 0.6 is 11.6 Å². The highest BCUT2D eigenvalue weighted by atomic mass is 35.5. The lowest BCUT2D eigenvalue weighted by atomic mass is 10.0. The van der Waals surface area contributed by atoms with Crippen LogP contribution in [0.25, 0.3) is 0 Å². The fourth-order valence-electron chi connectivity index (χ4n) is 4.49. The zero-order chi connectivity index (χ0) is 21.1. The largest absolute Gasteiger partial charge is 0.478 e. The SMILES string of the molecule is O=C(O)c1ccccc1N1CC(NC2CCN(Cc3ccc(Cl)cc3)CC2)[C@H](O)C1. The van der Waals surface area contributed by atoms with Gasteiger partial charge in [0.2, 0.25) is 0 Å². The van der Waals surface area contributed by atoms with Gasteiger partial charge in [-0.1, -0.05) is 35.9 Å². The number of carboxylic acids is 1. The van der Waals surface area contributed by atoms with Crippen molar-refractivity contribution in [1.82, 2.24) is 10.2 Å². The monoisotopic (exact) mass is 429 g/mol. The molecule has 2 aromatic carbocycles. The number of hydrogen-bond donors (Lipinski definition) is 3. The third-order valence-electron chi connectivity index (χ3n) is 6.12. The maximum absolute atomic E-state index is 11.5. The summed E-state index contributed by atoms with van der Waals surface area (Å²) in [5, 5.41) is 24.4. The van der Waals surface area contributed by atoms with Crippen LogP contribution in [0.5, 0.6) is 0 Å². The molecule has 2 aromatic rings. The molecular formula is C23H28ClN3O3. The van der Waals surface area contributed by atoms with Crippen LogP contribution in [-0.2, 0) is 6.54 Å². The second-order valence-corrected chi connectivity index (χ2v) is 8.68. The molecule has 4 rings (SSSR count). The average molecular weight is 430 g/mol. The van der Waals surface area contributed by atoms with Gasteiger partial charge in [-0.05, 0) is 55.8 Å². The summed E-state index contributed by atoms with van der Waals surface area (Å²) in [7, 11) is 0. The minimum atomic E-state index is -0.940. The van der Waals surface area contributed by atoms with Crippen molar-refractivity contribution >= 4 is 23.3 Å². The van der Waals surface area contributed by atoms with Crippen LogP contribution in [0, 0.1) is 0 Å². The van der Waals surface area contributed by atoms with Crippen molar-refractivity contribution in [2.45, 2.75) is 37.6 Å². The van der Waals surface area contributed by atoms with Crippen LogP contribution in [0.2, 0.25) is 5.02 Å². The fraction of sp³-hybridized carbons (Fsp3) is 0.435. The van der Waals surface area contributed by atoms with Crippen molar-refractivity contribution in [2.75, 3.05) is 31.1 Å². The Morgan fingerprint density at radius 3 is 2.47 bits per heavy atom. The minimum Gasteiger partial charge on any atom is -0.478 e. The van der Waals surface area contributed by atoms with Gasteiger partial charge in [0, 0.05) is 30.7 Å². The summed E-state index contributed by atoms with van der Waals surface area (Å²) in [6.45, 7) is 3.99. The van der Waals surface area contributed by atoms with Crippen molar-refractivity contribution in [2.24, 2.45) is 0 Å². The lowest BCUT2D eigenvalue weighted by Gasteiger charge is -2.34. The van der Waals surface area contributed by atoms with Gasteiger partial charge in [-0.25, -0.2) is 4.79 Å². The Balaban J connectivity index is 1.29. The normalized spacial score (nSPS) is 23.1. The van der Waals surface area contributed by atoms with Gasteiger partial charge in [-0.3, -0.25) is 4.90 Å². The van der Waals surface area contributed by atoms with Gasteiger partial charge in [-0.2, -0.15) is 0 Å². The van der Waals surface area contributed by atoms with Crippen LogP contribution in [0.15, 0.2) is 48.5 Å². The smallest absolute Gasteiger partial charge is 0.337 e. The van der Waals surface area contributed by atoms with Crippen molar-refractivity contribution in [3.8, 4) is 0 Å². The maximum atomic E-state index is 11.5. The standard InChI is InChI=1S/C23H28ClN3O3/c24-17-7-5-16(6-8-17)13-26-11-9-18(10-12-26)25-20-14-27(15-22(20)28)21-4-2-1-3-19(21)23(29)30/h1-8,18,20,22,25,28H,9-15H2,(H,29,30)/t20?,22-/m1/s1. The third-order valence-corrected chi connectivity index (χ3v) is 6.37. The Morgan fingerprint density at radius 1 is 1.07 bits per heavy atom. The van der Waals surface area contributed by atoms with Gasteiger partial charge in [-0.15, -0.1) is 0 Å². The first-order chi connectivity index (χ1) is 14.5. The van der Waals surface area contributed by atoms with Gasteiger partial charge >= 0.3 is 5.97 Å². The van der Waals surface area contributed by atoms with E-state index < -0.39 is 12.1 Å². The number of carboxylic acid groups (broad SMARTS) is 1. The molecule has 3 N–H and O–H groups in total. The Bertz CT molecular complexity index is 868. The fourth-order valence-corrected chi connectivity index (χ4v) is 4.61. The highest BCUT2D eigenvalue weighted by Crippen LogP contribution is 2.26. The van der Waals surface area contributed by atoms with E-state index in [2.05, 4.69) is 22.3 Å². The maximum Gasteiger partial charge on any atom is 0.337 e. The molecule has 2 heterocycles. The highest BCUT2D eigenvalue weighted by molar-refractivity contribution is 6.30. The second kappa shape index (κ2) is 9.35. The number of halogens is 1. The number of aliphatic hydroxyl groups is 1. The number of nitrogens with one attached hydrogen (secondary N) is 1. The number of para-hydroxylation sites is 1. The summed E-state index contributed by atoms with van der Waals surface area (Å²) in [6, 6.07) is 15.3. The molecule has 0 amide bonds. The molecule has 2 fully saturated rings. The van der Waals surface area contributed by atoms with Crippen LogP contribution in [0.4, 0.5) is 5.69 Å². The predicted octanol–water partition coefficient (Wildman–Crippen LogP) is 2.84. The van der Waals surface area contributed by atoms with Gasteiger partial charge < -0.3 is 20.4 Å². The van der Waals surface area contributed by atoms with Gasteiger partial charge in [0.15, 0.2) is 0 Å². The van der Waals surface area contributed by atoms with E-state index in [9.17, 15) is 15.0 Å². The molecule has 2 atom stereocenters. The Hall–Kier alpha value is -2.12. The number of β-amino-alcohol motifs (C(OH)–C–C–N with tert-alkyl or cyclic N) is 1. The van der Waals surface area contributed by atoms with Gasteiger partial charge in [0.05, 0.1) is 23.4 Å². The molecule has 2 aliphatic heterocycles. The van der Waals surface area contributed by atoms with E-state index in [4.69, 9.17) is 11.6 Å². The number of piperidine rings is 1. The van der Waals surface area contributed by atoms with Crippen LogP contribution in [0.1, 0.15) is 28.8 Å². The zero-order valence-corrected chi connectivity index (χ0v) is 17.6. The van der Waals surface area contributed by atoms with Crippen molar-refractivity contribution in [3.63, 3.8) is 0 Å². The van der Waals surface area contributed by atoms with Crippen molar-refractivity contribution < 1.29 is 15.0 Å². The first kappa shape index (κ1) is 21.1. The van der Waals surface area contributed by atoms with E-state index in [-0.39, 0.29) is 11.6 Å². The summed E-state index contributed by atoms with van der Waals surface area (Å²) in [6.07, 6.45) is 1.55. The Morgan fingerprint density at radius 2 is 1.77 bits per heavy atom. The molecule has 0 saturated carbocycles. The number of rotatable bonds is 6. The predicted molar refractivity (Wildman–Crippen MR) is 118 cm³/mol. The summed E-state index contributed by atoms with van der Waals surface area (Å²) in [4.78, 5) is 15.9. The van der Waals surface area contributed by atoms with E-state index >= 15 is 0 Å². The molecule has 30 heavy (non-hydrogen) atoms. The van der Waals surface area contributed by atoms with Gasteiger partial charge in [0.25, 0.3) is 0 Å². The van der Waals surface area contributed by atoms with Crippen LogP contribution < -0.4 is 10.2 Å². The van der Waals surface area contributed by atoms with E-state index in [1.165, 1.54) is 5.56 Å². The number of nitrogens with zero attached hydrogens (tertiary/aromatic N) is 2. The molecular weight excluding hydrogens is 402 g/mol. The zero-order valence-electron chi connectivity index (χ0n) is 16.9. The molecule has 2 aliphatic rings. The summed E-state index contributed by atoms with van der Waals surface area (Å²) in [5.74, 6) is -0.940. The second-order valence-electron chi connectivity index (χ2n) is 8.24. The molecule has 0 spiro atoms.